The molecule has 1 aliphatic heterocycles. The van der Waals surface area contributed by atoms with Crippen LogP contribution in [-0.2, 0) is 4.74 Å². The van der Waals surface area contributed by atoms with Gasteiger partial charge in [0.2, 0.25) is 0 Å². The molecule has 0 amide bonds. The van der Waals surface area contributed by atoms with Gasteiger partial charge in [-0.2, -0.15) is 0 Å². The van der Waals surface area contributed by atoms with Gasteiger partial charge in [0, 0.05) is 5.69 Å². The molecule has 0 radical (unpaired) electrons. The first-order valence-electron chi connectivity index (χ1n) is 6.25. The van der Waals surface area contributed by atoms with Gasteiger partial charge in [-0.05, 0) is 58.9 Å². The second-order valence-corrected chi connectivity index (χ2v) is 5.55. The zero-order valence-corrected chi connectivity index (χ0v) is 11.9. The van der Waals surface area contributed by atoms with Crippen molar-refractivity contribution in [3.05, 3.63) is 53.6 Å². The Morgan fingerprint density at radius 1 is 1.17 bits per heavy atom. The topological polar surface area (TPSA) is 12.5 Å². The summed E-state index contributed by atoms with van der Waals surface area (Å²) in [7, 11) is 0. The van der Waals surface area contributed by atoms with Crippen LogP contribution in [0.5, 0.6) is 0 Å². The summed E-state index contributed by atoms with van der Waals surface area (Å²) in [4.78, 5) is 2.15. The van der Waals surface area contributed by atoms with E-state index in [9.17, 15) is 0 Å². The highest BCUT2D eigenvalue weighted by atomic mass is 16.5. The van der Waals surface area contributed by atoms with Gasteiger partial charge in [0.15, 0.2) is 5.88 Å². The maximum Gasteiger partial charge on any atom is 0.193 e. The highest BCUT2D eigenvalue weighted by Crippen LogP contribution is 2.42. The highest BCUT2D eigenvalue weighted by Gasteiger charge is 2.42. The Balaban J connectivity index is 2.48. The van der Waals surface area contributed by atoms with Crippen LogP contribution < -0.4 is 4.90 Å². The first-order valence-corrected chi connectivity index (χ1v) is 6.25. The van der Waals surface area contributed by atoms with Gasteiger partial charge in [0.05, 0.1) is 0 Å². The highest BCUT2D eigenvalue weighted by molar-refractivity contribution is 5.59. The summed E-state index contributed by atoms with van der Waals surface area (Å²) < 4.78 is 5.85. The SMILES string of the molecule is C=C1OC(=C(C)C)C(C)(C)N1c1ccc(C)cc1. The lowest BCUT2D eigenvalue weighted by Gasteiger charge is -2.31. The predicted octanol–water partition coefficient (Wildman–Crippen LogP) is 4.38. The molecule has 2 rings (SSSR count). The Hall–Kier alpha value is -1.70. The van der Waals surface area contributed by atoms with E-state index in [1.807, 2.05) is 0 Å². The number of allylic oxidation sites excluding steroid dienone is 1. The Bertz CT molecular complexity index is 504. The maximum atomic E-state index is 5.85. The Morgan fingerprint density at radius 2 is 1.72 bits per heavy atom. The molecule has 2 nitrogen and oxygen atoms in total. The van der Waals surface area contributed by atoms with Crippen molar-refractivity contribution in [3.63, 3.8) is 0 Å². The van der Waals surface area contributed by atoms with E-state index >= 15 is 0 Å². The third-order valence-corrected chi connectivity index (χ3v) is 3.33. The Morgan fingerprint density at radius 3 is 2.17 bits per heavy atom. The molecule has 1 aromatic rings. The van der Waals surface area contributed by atoms with Gasteiger partial charge in [-0.3, -0.25) is 0 Å². The lowest BCUT2D eigenvalue weighted by Crippen LogP contribution is -2.38. The van der Waals surface area contributed by atoms with Crippen molar-refractivity contribution >= 4 is 5.69 Å². The molecule has 2 heteroatoms. The fourth-order valence-electron chi connectivity index (χ4n) is 2.58. The molecule has 1 saturated heterocycles. The van der Waals surface area contributed by atoms with Gasteiger partial charge in [0.1, 0.15) is 11.3 Å². The first-order chi connectivity index (χ1) is 8.34. The third kappa shape index (κ3) is 1.92. The van der Waals surface area contributed by atoms with E-state index < -0.39 is 0 Å². The summed E-state index contributed by atoms with van der Waals surface area (Å²) >= 11 is 0. The van der Waals surface area contributed by atoms with Crippen molar-refractivity contribution in [2.45, 2.75) is 40.2 Å². The van der Waals surface area contributed by atoms with Crippen molar-refractivity contribution in [1.82, 2.24) is 0 Å². The minimum atomic E-state index is -0.189. The largest absolute Gasteiger partial charge is 0.443 e. The molecular formula is C16H21NO. The summed E-state index contributed by atoms with van der Waals surface area (Å²) in [6.45, 7) is 14.6. The second-order valence-electron chi connectivity index (χ2n) is 5.55. The number of rotatable bonds is 1. The average Bonchev–Trinajstić information content (AvgIpc) is 2.51. The predicted molar refractivity (Wildman–Crippen MR) is 76.3 cm³/mol. The van der Waals surface area contributed by atoms with Crippen LogP contribution in [0.1, 0.15) is 33.3 Å². The number of hydrogen-bond acceptors (Lipinski definition) is 2. The van der Waals surface area contributed by atoms with Crippen LogP contribution in [0.4, 0.5) is 5.69 Å². The number of aryl methyl sites for hydroxylation is 1. The molecule has 0 aliphatic carbocycles. The van der Waals surface area contributed by atoms with Crippen LogP contribution >= 0.6 is 0 Å². The van der Waals surface area contributed by atoms with Gasteiger partial charge >= 0.3 is 0 Å². The number of anilines is 1. The molecule has 0 spiro atoms. The van der Waals surface area contributed by atoms with E-state index in [1.165, 1.54) is 11.1 Å². The summed E-state index contributed by atoms with van der Waals surface area (Å²) in [5.74, 6) is 1.69. The van der Waals surface area contributed by atoms with E-state index in [2.05, 4.69) is 70.4 Å². The van der Waals surface area contributed by atoms with Crippen LogP contribution in [0, 0.1) is 6.92 Å². The molecule has 18 heavy (non-hydrogen) atoms. The van der Waals surface area contributed by atoms with E-state index in [4.69, 9.17) is 4.74 Å². The maximum absolute atomic E-state index is 5.85. The van der Waals surface area contributed by atoms with Crippen LogP contribution in [-0.4, -0.2) is 5.54 Å². The molecule has 0 bridgehead atoms. The lowest BCUT2D eigenvalue weighted by molar-refractivity contribution is 0.321. The van der Waals surface area contributed by atoms with Crippen molar-refractivity contribution in [2.75, 3.05) is 4.90 Å². The molecule has 1 heterocycles. The van der Waals surface area contributed by atoms with E-state index in [1.54, 1.807) is 0 Å². The van der Waals surface area contributed by atoms with Gasteiger partial charge in [-0.25, -0.2) is 0 Å². The average molecular weight is 243 g/mol. The normalized spacial score (nSPS) is 17.9. The van der Waals surface area contributed by atoms with Crippen LogP contribution in [0.15, 0.2) is 48.1 Å². The molecule has 96 valence electrons. The number of nitrogens with zero attached hydrogens (tertiary/aromatic N) is 1. The van der Waals surface area contributed by atoms with Crippen molar-refractivity contribution in [2.24, 2.45) is 0 Å². The van der Waals surface area contributed by atoms with E-state index in [-0.39, 0.29) is 5.54 Å². The molecule has 0 aromatic heterocycles. The molecule has 1 fully saturated rings. The van der Waals surface area contributed by atoms with Crippen LogP contribution in [0.2, 0.25) is 0 Å². The standard InChI is InChI=1S/C16H21NO/c1-11(2)15-16(5,6)17(13(4)18-15)14-9-7-12(3)8-10-14/h7-10H,4H2,1-3,5-6H3. The van der Waals surface area contributed by atoms with E-state index in [0.29, 0.717) is 5.88 Å². The number of hydrogen-bond donors (Lipinski definition) is 0. The van der Waals surface area contributed by atoms with Gasteiger partial charge in [-0.15, -0.1) is 0 Å². The van der Waals surface area contributed by atoms with Gasteiger partial charge < -0.3 is 9.64 Å². The molecule has 0 atom stereocenters. The fourth-order valence-corrected chi connectivity index (χ4v) is 2.58. The molecule has 1 aliphatic rings. The smallest absolute Gasteiger partial charge is 0.193 e. The van der Waals surface area contributed by atoms with Crippen molar-refractivity contribution < 1.29 is 4.74 Å². The molecule has 0 unspecified atom stereocenters. The van der Waals surface area contributed by atoms with Crippen LogP contribution in [0.25, 0.3) is 0 Å². The summed E-state index contributed by atoms with van der Waals surface area (Å²) in [5.41, 5.74) is 3.37. The zero-order valence-electron chi connectivity index (χ0n) is 11.9. The molecular weight excluding hydrogens is 222 g/mol. The summed E-state index contributed by atoms with van der Waals surface area (Å²) in [6, 6.07) is 8.44. The minimum Gasteiger partial charge on any atom is -0.443 e. The van der Waals surface area contributed by atoms with E-state index in [0.717, 1.165) is 11.4 Å². The minimum absolute atomic E-state index is 0.189. The Kier molecular flexibility index (Phi) is 2.97. The first kappa shape index (κ1) is 12.7. The molecule has 1 aromatic carbocycles. The lowest BCUT2D eigenvalue weighted by atomic mass is 9.97. The monoisotopic (exact) mass is 243 g/mol. The van der Waals surface area contributed by atoms with Crippen LogP contribution in [0.3, 0.4) is 0 Å². The fraction of sp³-hybridized carbons (Fsp3) is 0.375. The number of ether oxygens (including phenoxy) is 1. The number of benzene rings is 1. The quantitative estimate of drug-likeness (QED) is 0.726. The summed E-state index contributed by atoms with van der Waals surface area (Å²) in [5, 5.41) is 0. The van der Waals surface area contributed by atoms with Gasteiger partial charge in [-0.1, -0.05) is 17.7 Å². The van der Waals surface area contributed by atoms with Gasteiger partial charge in [0.25, 0.3) is 0 Å². The molecule has 0 saturated carbocycles. The van der Waals surface area contributed by atoms with Crippen molar-refractivity contribution in [3.8, 4) is 0 Å². The van der Waals surface area contributed by atoms with Crippen molar-refractivity contribution in [1.29, 1.82) is 0 Å². The zero-order chi connectivity index (χ0) is 13.5. The summed E-state index contributed by atoms with van der Waals surface area (Å²) in [6.07, 6.45) is 0. The third-order valence-electron chi connectivity index (χ3n) is 3.33. The Labute approximate surface area is 110 Å². The second kappa shape index (κ2) is 4.20. The molecule has 0 N–H and O–H groups in total.